The molecule has 2 aromatic carbocycles. The first kappa shape index (κ1) is 13.1. The number of hydrogen-bond donors (Lipinski definition) is 1. The van der Waals surface area contributed by atoms with Crippen LogP contribution in [0.15, 0.2) is 46.9 Å². The fourth-order valence-electron chi connectivity index (χ4n) is 2.06. The number of furan rings is 1. The topological polar surface area (TPSA) is 39.2 Å². The van der Waals surface area contributed by atoms with Gasteiger partial charge in [0.2, 0.25) is 0 Å². The second kappa shape index (κ2) is 4.89. The molecule has 5 heteroatoms. The van der Waals surface area contributed by atoms with Crippen molar-refractivity contribution < 1.29 is 13.2 Å². The van der Waals surface area contributed by atoms with Crippen molar-refractivity contribution in [1.82, 2.24) is 0 Å². The molecule has 3 rings (SSSR count). The summed E-state index contributed by atoms with van der Waals surface area (Å²) in [5, 5.41) is 1.40. The maximum Gasteiger partial charge on any atom is 0.159 e. The summed E-state index contributed by atoms with van der Waals surface area (Å²) in [6, 6.07) is 9.82. The maximum atomic E-state index is 13.2. The Kier molecular flexibility index (Phi) is 3.20. The van der Waals surface area contributed by atoms with Crippen LogP contribution in [0.2, 0.25) is 5.02 Å². The van der Waals surface area contributed by atoms with E-state index in [-0.39, 0.29) is 0 Å². The molecule has 0 aliphatic carbocycles. The molecule has 3 aromatic rings. The Morgan fingerprint density at radius 3 is 2.55 bits per heavy atom. The zero-order valence-electron chi connectivity index (χ0n) is 10.2. The van der Waals surface area contributed by atoms with Gasteiger partial charge in [-0.2, -0.15) is 0 Å². The lowest BCUT2D eigenvalue weighted by atomic mass is 10.0. The van der Waals surface area contributed by atoms with E-state index in [4.69, 9.17) is 21.8 Å². The van der Waals surface area contributed by atoms with E-state index in [2.05, 4.69) is 0 Å². The van der Waals surface area contributed by atoms with Crippen LogP contribution in [0.25, 0.3) is 11.0 Å². The lowest BCUT2D eigenvalue weighted by Gasteiger charge is -2.09. The van der Waals surface area contributed by atoms with Crippen LogP contribution in [0.5, 0.6) is 0 Å². The second-order valence-electron chi connectivity index (χ2n) is 4.48. The first-order valence-corrected chi connectivity index (χ1v) is 6.32. The molecule has 0 radical (unpaired) electrons. The van der Waals surface area contributed by atoms with Crippen molar-refractivity contribution in [2.75, 3.05) is 0 Å². The fourth-order valence-corrected chi connectivity index (χ4v) is 2.24. The SMILES string of the molecule is NC(c1ccc(F)c(F)c1)c1cc2cc(Cl)ccc2o1. The summed E-state index contributed by atoms with van der Waals surface area (Å²) in [5.74, 6) is -1.37. The highest BCUT2D eigenvalue weighted by Crippen LogP contribution is 2.29. The van der Waals surface area contributed by atoms with E-state index in [0.29, 0.717) is 21.9 Å². The molecule has 102 valence electrons. The van der Waals surface area contributed by atoms with E-state index in [0.717, 1.165) is 17.5 Å². The van der Waals surface area contributed by atoms with Crippen LogP contribution in [0.3, 0.4) is 0 Å². The Labute approximate surface area is 118 Å². The molecule has 20 heavy (non-hydrogen) atoms. The smallest absolute Gasteiger partial charge is 0.159 e. The van der Waals surface area contributed by atoms with Crippen molar-refractivity contribution in [2.45, 2.75) is 6.04 Å². The molecule has 0 amide bonds. The molecule has 0 saturated carbocycles. The Bertz CT molecular complexity index is 785. The molecule has 0 fully saturated rings. The Morgan fingerprint density at radius 2 is 1.80 bits per heavy atom. The van der Waals surface area contributed by atoms with E-state index >= 15 is 0 Å². The van der Waals surface area contributed by atoms with E-state index in [1.165, 1.54) is 6.07 Å². The van der Waals surface area contributed by atoms with Crippen LogP contribution >= 0.6 is 11.6 Å². The van der Waals surface area contributed by atoms with Crippen molar-refractivity contribution in [3.05, 3.63) is 70.4 Å². The number of hydrogen-bond acceptors (Lipinski definition) is 2. The monoisotopic (exact) mass is 293 g/mol. The molecule has 0 aliphatic rings. The summed E-state index contributed by atoms with van der Waals surface area (Å²) in [5.41, 5.74) is 7.10. The van der Waals surface area contributed by atoms with Gasteiger partial charge in [0.15, 0.2) is 11.6 Å². The van der Waals surface area contributed by atoms with E-state index in [1.54, 1.807) is 24.3 Å². The van der Waals surface area contributed by atoms with Crippen LogP contribution in [0.4, 0.5) is 8.78 Å². The Hall–Kier alpha value is -1.91. The molecule has 0 bridgehead atoms. The normalized spacial score (nSPS) is 12.8. The van der Waals surface area contributed by atoms with Gasteiger partial charge in [-0.25, -0.2) is 8.78 Å². The summed E-state index contributed by atoms with van der Waals surface area (Å²) < 4.78 is 31.8. The fraction of sp³-hybridized carbons (Fsp3) is 0.0667. The Morgan fingerprint density at radius 1 is 1.00 bits per heavy atom. The van der Waals surface area contributed by atoms with Gasteiger partial charge in [-0.05, 0) is 42.0 Å². The average Bonchev–Trinajstić information content (AvgIpc) is 2.84. The number of fused-ring (bicyclic) bond motifs is 1. The lowest BCUT2D eigenvalue weighted by Crippen LogP contribution is -2.11. The number of benzene rings is 2. The van der Waals surface area contributed by atoms with E-state index in [9.17, 15) is 8.78 Å². The average molecular weight is 294 g/mol. The molecular weight excluding hydrogens is 284 g/mol. The summed E-state index contributed by atoms with van der Waals surface area (Å²) in [6.07, 6.45) is 0. The van der Waals surface area contributed by atoms with Gasteiger partial charge in [-0.1, -0.05) is 17.7 Å². The van der Waals surface area contributed by atoms with Crippen molar-refractivity contribution in [3.63, 3.8) is 0 Å². The van der Waals surface area contributed by atoms with Gasteiger partial charge >= 0.3 is 0 Å². The highest BCUT2D eigenvalue weighted by Gasteiger charge is 2.16. The third kappa shape index (κ3) is 2.28. The third-order valence-corrected chi connectivity index (χ3v) is 3.34. The van der Waals surface area contributed by atoms with Crippen molar-refractivity contribution in [3.8, 4) is 0 Å². The predicted octanol–water partition coefficient (Wildman–Crippen LogP) is 4.41. The number of nitrogens with two attached hydrogens (primary N) is 1. The van der Waals surface area contributed by atoms with Crippen LogP contribution in [-0.2, 0) is 0 Å². The molecule has 1 atom stereocenters. The van der Waals surface area contributed by atoms with E-state index in [1.807, 2.05) is 0 Å². The molecule has 0 spiro atoms. The van der Waals surface area contributed by atoms with Crippen LogP contribution in [0.1, 0.15) is 17.4 Å². The van der Waals surface area contributed by atoms with Gasteiger partial charge in [-0.15, -0.1) is 0 Å². The standard InChI is InChI=1S/C15H10ClF2NO/c16-10-2-4-13-9(5-10)7-14(20-13)15(19)8-1-3-11(17)12(18)6-8/h1-7,15H,19H2. The number of rotatable bonds is 2. The molecule has 2 nitrogen and oxygen atoms in total. The largest absolute Gasteiger partial charge is 0.459 e. The highest BCUT2D eigenvalue weighted by molar-refractivity contribution is 6.31. The zero-order valence-corrected chi connectivity index (χ0v) is 11.0. The van der Waals surface area contributed by atoms with Gasteiger partial charge in [0, 0.05) is 10.4 Å². The minimum Gasteiger partial charge on any atom is -0.459 e. The molecule has 0 aliphatic heterocycles. The quantitative estimate of drug-likeness (QED) is 0.760. The zero-order chi connectivity index (χ0) is 14.3. The van der Waals surface area contributed by atoms with Crippen LogP contribution in [-0.4, -0.2) is 0 Å². The minimum atomic E-state index is -0.933. The van der Waals surface area contributed by atoms with Crippen LogP contribution < -0.4 is 5.73 Å². The van der Waals surface area contributed by atoms with Crippen molar-refractivity contribution in [1.29, 1.82) is 0 Å². The summed E-state index contributed by atoms with van der Waals surface area (Å²) in [6.45, 7) is 0. The van der Waals surface area contributed by atoms with E-state index < -0.39 is 17.7 Å². The number of halogens is 3. The van der Waals surface area contributed by atoms with Gasteiger partial charge in [-0.3, -0.25) is 0 Å². The molecule has 1 aromatic heterocycles. The molecule has 1 heterocycles. The van der Waals surface area contributed by atoms with Crippen molar-refractivity contribution >= 4 is 22.6 Å². The first-order valence-electron chi connectivity index (χ1n) is 5.94. The summed E-state index contributed by atoms with van der Waals surface area (Å²) in [4.78, 5) is 0. The minimum absolute atomic E-state index is 0.439. The second-order valence-corrected chi connectivity index (χ2v) is 4.92. The molecule has 2 N–H and O–H groups in total. The molecule has 1 unspecified atom stereocenters. The highest BCUT2D eigenvalue weighted by atomic mass is 35.5. The lowest BCUT2D eigenvalue weighted by molar-refractivity contribution is 0.499. The van der Waals surface area contributed by atoms with Gasteiger partial charge in [0.1, 0.15) is 11.3 Å². The maximum absolute atomic E-state index is 13.2. The van der Waals surface area contributed by atoms with Gasteiger partial charge in [0.25, 0.3) is 0 Å². The Balaban J connectivity index is 2.02. The molecule has 0 saturated heterocycles. The summed E-state index contributed by atoms with van der Waals surface area (Å²) in [7, 11) is 0. The van der Waals surface area contributed by atoms with Crippen LogP contribution in [0, 0.1) is 11.6 Å². The van der Waals surface area contributed by atoms with Gasteiger partial charge in [0.05, 0.1) is 6.04 Å². The molecular formula is C15H10ClF2NO. The first-order chi connectivity index (χ1) is 9.54. The summed E-state index contributed by atoms with van der Waals surface area (Å²) >= 11 is 5.90. The predicted molar refractivity (Wildman–Crippen MR) is 73.6 cm³/mol. The van der Waals surface area contributed by atoms with Crippen molar-refractivity contribution in [2.24, 2.45) is 5.73 Å². The van der Waals surface area contributed by atoms with Gasteiger partial charge < -0.3 is 10.2 Å². The third-order valence-electron chi connectivity index (χ3n) is 3.11.